The van der Waals surface area contributed by atoms with Crippen molar-refractivity contribution in [2.24, 2.45) is 0 Å². The van der Waals surface area contributed by atoms with Gasteiger partial charge in [-0.25, -0.2) is 9.07 Å². The molecule has 0 bridgehead atoms. The Hall–Kier alpha value is -2.32. The Kier molecular flexibility index (Phi) is 5.95. The van der Waals surface area contributed by atoms with Gasteiger partial charge in [0.05, 0.1) is 18.7 Å². The number of benzene rings is 2. The first-order valence-corrected chi connectivity index (χ1v) is 8.76. The third-order valence-corrected chi connectivity index (χ3v) is 4.76. The highest BCUT2D eigenvalue weighted by Gasteiger charge is 2.16. The summed E-state index contributed by atoms with van der Waals surface area (Å²) in [6.45, 7) is 0.369. The van der Waals surface area contributed by atoms with Gasteiger partial charge in [-0.15, -0.1) is 10.2 Å². The van der Waals surface area contributed by atoms with Gasteiger partial charge in [0, 0.05) is 15.6 Å². The van der Waals surface area contributed by atoms with E-state index in [1.165, 1.54) is 18.7 Å². The number of aromatic nitrogens is 3. The van der Waals surface area contributed by atoms with Gasteiger partial charge in [-0.05, 0) is 24.3 Å². The van der Waals surface area contributed by atoms with Gasteiger partial charge >= 0.3 is 0 Å². The number of hydrogen-bond acceptors (Lipinski definition) is 5. The third kappa shape index (κ3) is 4.08. The molecule has 26 heavy (non-hydrogen) atoms. The Morgan fingerprint density at radius 2 is 1.96 bits per heavy atom. The van der Waals surface area contributed by atoms with Gasteiger partial charge < -0.3 is 14.9 Å². The molecule has 2 aromatic carbocycles. The van der Waals surface area contributed by atoms with E-state index in [2.05, 4.69) is 31.6 Å². The van der Waals surface area contributed by atoms with E-state index < -0.39 is 5.82 Å². The number of halogens is 3. The summed E-state index contributed by atoms with van der Waals surface area (Å²) >= 11 is 9.59. The second-order valence-corrected chi connectivity index (χ2v) is 6.51. The molecule has 1 heterocycles. The fraction of sp³-hybridized carbons (Fsp3) is 0.176. The topological polar surface area (TPSA) is 61.2 Å². The lowest BCUT2D eigenvalue weighted by molar-refractivity contribution is 0.276. The molecule has 0 spiro atoms. The van der Waals surface area contributed by atoms with Crippen LogP contribution in [0.3, 0.4) is 0 Å². The number of nitrogens with one attached hydrogen (secondary N) is 1. The first-order chi connectivity index (χ1) is 12.6. The largest absolute Gasteiger partial charge is 0.493 e. The van der Waals surface area contributed by atoms with Crippen molar-refractivity contribution in [1.82, 2.24) is 14.9 Å². The van der Waals surface area contributed by atoms with Crippen molar-refractivity contribution in [2.45, 2.75) is 13.2 Å². The van der Waals surface area contributed by atoms with E-state index in [4.69, 9.17) is 21.1 Å². The maximum absolute atomic E-state index is 14.0. The van der Waals surface area contributed by atoms with Crippen molar-refractivity contribution >= 4 is 27.5 Å². The lowest BCUT2D eigenvalue weighted by Gasteiger charge is -2.18. The minimum Gasteiger partial charge on any atom is -0.493 e. The summed E-state index contributed by atoms with van der Waals surface area (Å²) in [6.07, 6.45) is 3.07. The van der Waals surface area contributed by atoms with E-state index in [-0.39, 0.29) is 12.2 Å². The predicted octanol–water partition coefficient (Wildman–Crippen LogP) is 4.16. The molecule has 0 fully saturated rings. The molecule has 3 aromatic rings. The molecule has 0 saturated heterocycles. The smallest absolute Gasteiger partial charge is 0.167 e. The van der Waals surface area contributed by atoms with E-state index in [9.17, 15) is 4.39 Å². The average molecular weight is 442 g/mol. The lowest BCUT2D eigenvalue weighted by Crippen LogP contribution is -2.14. The zero-order chi connectivity index (χ0) is 18.5. The Balaban J connectivity index is 1.87. The highest BCUT2D eigenvalue weighted by molar-refractivity contribution is 9.10. The number of methoxy groups -OCH3 is 1. The second kappa shape index (κ2) is 8.37. The summed E-state index contributed by atoms with van der Waals surface area (Å²) in [7, 11) is 1.54. The van der Waals surface area contributed by atoms with E-state index in [0.717, 1.165) is 10.0 Å². The van der Waals surface area contributed by atoms with Crippen LogP contribution in [0.2, 0.25) is 5.02 Å². The molecule has 0 unspecified atom stereocenters. The highest BCUT2D eigenvalue weighted by Crippen LogP contribution is 2.37. The van der Waals surface area contributed by atoms with E-state index in [1.807, 2.05) is 6.07 Å². The summed E-state index contributed by atoms with van der Waals surface area (Å²) in [6, 6.07) is 8.14. The molecule has 6 nitrogen and oxygen atoms in total. The van der Waals surface area contributed by atoms with Crippen molar-refractivity contribution in [2.75, 3.05) is 12.5 Å². The summed E-state index contributed by atoms with van der Waals surface area (Å²) < 4.78 is 27.7. The van der Waals surface area contributed by atoms with Crippen LogP contribution in [0.1, 0.15) is 11.1 Å². The maximum Gasteiger partial charge on any atom is 0.167 e. The number of hydrogen-bond donors (Lipinski definition) is 1. The quantitative estimate of drug-likeness (QED) is 0.596. The fourth-order valence-corrected chi connectivity index (χ4v) is 3.00. The molecule has 1 aromatic heterocycles. The van der Waals surface area contributed by atoms with Crippen LogP contribution >= 0.6 is 27.5 Å². The molecule has 0 aliphatic carbocycles. The van der Waals surface area contributed by atoms with E-state index in [0.29, 0.717) is 23.1 Å². The summed E-state index contributed by atoms with van der Waals surface area (Å²) in [5.74, 6) is 0.596. The zero-order valence-electron chi connectivity index (χ0n) is 13.7. The van der Waals surface area contributed by atoms with Crippen LogP contribution in [0.4, 0.5) is 4.39 Å². The Labute approximate surface area is 163 Å². The van der Waals surface area contributed by atoms with Crippen LogP contribution in [0.5, 0.6) is 11.5 Å². The highest BCUT2D eigenvalue weighted by atomic mass is 79.9. The Morgan fingerprint density at radius 1 is 1.19 bits per heavy atom. The first-order valence-electron chi connectivity index (χ1n) is 7.59. The molecule has 0 atom stereocenters. The van der Waals surface area contributed by atoms with Crippen LogP contribution in [0.25, 0.3) is 0 Å². The van der Waals surface area contributed by atoms with Gasteiger partial charge in [0.15, 0.2) is 11.5 Å². The number of nitrogens with zero attached hydrogens (tertiary/aromatic N) is 3. The average Bonchev–Trinajstić information content (AvgIpc) is 3.14. The standard InChI is InChI=1S/C17H15BrClFN4O2/c1-25-16-6-5-13(18)11(7-23-24-9-21-22-10-24)17(16)26-8-12-14(19)3-2-4-15(12)20/h2-6,9-10,23H,7-8H2,1H3. The van der Waals surface area contributed by atoms with Crippen molar-refractivity contribution in [3.63, 3.8) is 0 Å². The summed E-state index contributed by atoms with van der Waals surface area (Å²) in [4.78, 5) is 0. The van der Waals surface area contributed by atoms with Crippen molar-refractivity contribution < 1.29 is 13.9 Å². The molecule has 9 heteroatoms. The van der Waals surface area contributed by atoms with E-state index >= 15 is 0 Å². The number of ether oxygens (including phenoxy) is 2. The maximum atomic E-state index is 14.0. The molecule has 0 radical (unpaired) electrons. The van der Waals surface area contributed by atoms with Gasteiger partial charge in [0.1, 0.15) is 25.1 Å². The molecule has 0 saturated carbocycles. The molecule has 0 aliphatic heterocycles. The summed E-state index contributed by atoms with van der Waals surface area (Å²) in [5.41, 5.74) is 4.20. The van der Waals surface area contributed by atoms with Crippen LogP contribution in [0, 0.1) is 5.82 Å². The molecule has 1 N–H and O–H groups in total. The second-order valence-electron chi connectivity index (χ2n) is 5.25. The van der Waals surface area contributed by atoms with Crippen molar-refractivity contribution in [1.29, 1.82) is 0 Å². The molecule has 136 valence electrons. The van der Waals surface area contributed by atoms with Gasteiger partial charge in [0.2, 0.25) is 0 Å². The first kappa shape index (κ1) is 18.5. The van der Waals surface area contributed by atoms with Crippen LogP contribution in [-0.4, -0.2) is 22.0 Å². The fourth-order valence-electron chi connectivity index (χ4n) is 2.33. The Bertz CT molecular complexity index is 872. The molecule has 3 rings (SSSR count). The monoisotopic (exact) mass is 440 g/mol. The minimum absolute atomic E-state index is 0.0298. The normalized spacial score (nSPS) is 10.6. The Morgan fingerprint density at radius 3 is 2.65 bits per heavy atom. The van der Waals surface area contributed by atoms with Gasteiger partial charge in [0.25, 0.3) is 0 Å². The van der Waals surface area contributed by atoms with E-state index in [1.54, 1.807) is 30.0 Å². The zero-order valence-corrected chi connectivity index (χ0v) is 16.1. The van der Waals surface area contributed by atoms with Crippen LogP contribution < -0.4 is 14.9 Å². The van der Waals surface area contributed by atoms with Crippen LogP contribution in [-0.2, 0) is 13.2 Å². The predicted molar refractivity (Wildman–Crippen MR) is 99.5 cm³/mol. The SMILES string of the molecule is COc1ccc(Br)c(CNn2cnnc2)c1OCc1c(F)cccc1Cl. The van der Waals surface area contributed by atoms with Gasteiger partial charge in [-0.2, -0.15) is 0 Å². The van der Waals surface area contributed by atoms with Crippen molar-refractivity contribution in [3.05, 3.63) is 69.4 Å². The minimum atomic E-state index is -0.421. The lowest BCUT2D eigenvalue weighted by atomic mass is 10.1. The van der Waals surface area contributed by atoms with Crippen molar-refractivity contribution in [3.8, 4) is 11.5 Å². The molecular weight excluding hydrogens is 427 g/mol. The van der Waals surface area contributed by atoms with Crippen LogP contribution in [0.15, 0.2) is 47.5 Å². The molecule has 0 aliphatic rings. The van der Waals surface area contributed by atoms with Gasteiger partial charge in [-0.3, -0.25) is 0 Å². The molecule has 0 amide bonds. The molecular formula is C17H15BrClFN4O2. The summed E-state index contributed by atoms with van der Waals surface area (Å²) in [5, 5.41) is 7.78. The van der Waals surface area contributed by atoms with Gasteiger partial charge in [-0.1, -0.05) is 33.6 Å². The number of rotatable bonds is 7. The third-order valence-electron chi connectivity index (χ3n) is 3.67.